The number of hydrogen-bond acceptors (Lipinski definition) is 6. The zero-order chi connectivity index (χ0) is 24.8. The van der Waals surface area contributed by atoms with Crippen molar-refractivity contribution >= 4 is 43.4 Å². The van der Waals surface area contributed by atoms with Crippen LogP contribution in [0.15, 0.2) is 63.4 Å². The highest BCUT2D eigenvalue weighted by Gasteiger charge is 2.15. The number of thiophene rings is 1. The van der Waals surface area contributed by atoms with Gasteiger partial charge in [0.1, 0.15) is 11.4 Å². The van der Waals surface area contributed by atoms with Crippen molar-refractivity contribution < 1.29 is 14.3 Å². The third-order valence-electron chi connectivity index (χ3n) is 5.37. The van der Waals surface area contributed by atoms with E-state index >= 15 is 0 Å². The van der Waals surface area contributed by atoms with Gasteiger partial charge in [0.05, 0.1) is 24.9 Å². The van der Waals surface area contributed by atoms with Gasteiger partial charge < -0.3 is 14.8 Å². The minimum Gasteiger partial charge on any atom is -0.490 e. The van der Waals surface area contributed by atoms with E-state index in [2.05, 4.69) is 26.2 Å². The van der Waals surface area contributed by atoms with Gasteiger partial charge in [-0.3, -0.25) is 14.2 Å². The van der Waals surface area contributed by atoms with Crippen molar-refractivity contribution in [3.05, 3.63) is 74.6 Å². The molecule has 9 heteroatoms. The monoisotopic (exact) mass is 555 g/mol. The van der Waals surface area contributed by atoms with Crippen molar-refractivity contribution in [2.45, 2.75) is 26.8 Å². The Morgan fingerprint density at radius 3 is 2.57 bits per heavy atom. The van der Waals surface area contributed by atoms with E-state index in [0.29, 0.717) is 47.9 Å². The molecule has 2 aromatic carbocycles. The number of ether oxygens (including phenoxy) is 2. The summed E-state index contributed by atoms with van der Waals surface area (Å²) >= 11 is 4.85. The summed E-state index contributed by atoms with van der Waals surface area (Å²) in [5, 5.41) is 5.35. The molecule has 1 N–H and O–H groups in total. The normalized spacial score (nSPS) is 10.9. The first-order valence-corrected chi connectivity index (χ1v) is 13.0. The van der Waals surface area contributed by atoms with Crippen molar-refractivity contribution in [1.29, 1.82) is 0 Å². The number of aromatic nitrogens is 2. The van der Waals surface area contributed by atoms with Gasteiger partial charge in [0.15, 0.2) is 11.5 Å². The van der Waals surface area contributed by atoms with Crippen LogP contribution in [0.2, 0.25) is 0 Å². The predicted molar refractivity (Wildman–Crippen MR) is 143 cm³/mol. The van der Waals surface area contributed by atoms with E-state index in [1.807, 2.05) is 61.7 Å². The molecule has 2 heterocycles. The highest BCUT2D eigenvalue weighted by molar-refractivity contribution is 9.10. The average Bonchev–Trinajstić information content (AvgIpc) is 3.28. The summed E-state index contributed by atoms with van der Waals surface area (Å²) in [5.74, 6) is 1.16. The molecule has 4 aromatic rings. The fraction of sp³-hybridized carbons (Fsp3) is 0.269. The minimum absolute atomic E-state index is 0.0924. The van der Waals surface area contributed by atoms with Gasteiger partial charge in [-0.1, -0.05) is 34.1 Å². The molecule has 35 heavy (non-hydrogen) atoms. The lowest BCUT2D eigenvalue weighted by Crippen LogP contribution is -2.33. The first-order valence-electron chi connectivity index (χ1n) is 11.4. The second-order valence-corrected chi connectivity index (χ2v) is 9.53. The van der Waals surface area contributed by atoms with Crippen LogP contribution < -0.4 is 20.3 Å². The lowest BCUT2D eigenvalue weighted by atomic mass is 10.1. The highest BCUT2D eigenvalue weighted by atomic mass is 79.9. The summed E-state index contributed by atoms with van der Waals surface area (Å²) in [7, 11) is 0. The topological polar surface area (TPSA) is 82.5 Å². The van der Waals surface area contributed by atoms with Gasteiger partial charge in [0, 0.05) is 22.0 Å². The Hall–Kier alpha value is -3.17. The van der Waals surface area contributed by atoms with Crippen LogP contribution in [0, 0.1) is 0 Å². The van der Waals surface area contributed by atoms with E-state index in [-0.39, 0.29) is 18.0 Å². The van der Waals surface area contributed by atoms with E-state index < -0.39 is 0 Å². The average molecular weight is 556 g/mol. The lowest BCUT2D eigenvalue weighted by Gasteiger charge is -2.13. The number of fused-ring (bicyclic) bond motifs is 1. The fourth-order valence-electron chi connectivity index (χ4n) is 3.73. The van der Waals surface area contributed by atoms with Gasteiger partial charge in [-0.25, -0.2) is 4.98 Å². The predicted octanol–water partition coefficient (Wildman–Crippen LogP) is 5.04. The maximum atomic E-state index is 13.2. The van der Waals surface area contributed by atoms with E-state index in [9.17, 15) is 9.59 Å². The molecule has 0 unspecified atom stereocenters. The zero-order valence-electron chi connectivity index (χ0n) is 19.5. The summed E-state index contributed by atoms with van der Waals surface area (Å²) in [5.41, 5.74) is 2.56. The zero-order valence-corrected chi connectivity index (χ0v) is 21.9. The second kappa shape index (κ2) is 11.5. The highest BCUT2D eigenvalue weighted by Crippen LogP contribution is 2.31. The van der Waals surface area contributed by atoms with Crippen molar-refractivity contribution in [3.8, 4) is 22.6 Å². The number of carbonyl (C=O) groups is 1. The van der Waals surface area contributed by atoms with Crippen molar-refractivity contribution in [2.24, 2.45) is 0 Å². The number of nitrogens with zero attached hydrogens (tertiary/aromatic N) is 2. The summed E-state index contributed by atoms with van der Waals surface area (Å²) in [6.45, 7) is 5.30. The summed E-state index contributed by atoms with van der Waals surface area (Å²) in [4.78, 5) is 30.8. The fourth-order valence-corrected chi connectivity index (χ4v) is 4.90. The number of hydrogen-bond donors (Lipinski definition) is 1. The Balaban J connectivity index is 1.42. The number of carbonyl (C=O) groups excluding carboxylic acids is 1. The molecule has 0 fully saturated rings. The molecule has 182 valence electrons. The molecular formula is C26H26BrN3O4S. The van der Waals surface area contributed by atoms with Crippen LogP contribution in [0.1, 0.15) is 19.4 Å². The van der Waals surface area contributed by atoms with E-state index in [4.69, 9.17) is 9.47 Å². The Morgan fingerprint density at radius 1 is 1.09 bits per heavy atom. The molecule has 0 radical (unpaired) electrons. The van der Waals surface area contributed by atoms with Crippen molar-refractivity contribution in [2.75, 3.05) is 19.8 Å². The summed E-state index contributed by atoms with van der Waals surface area (Å²) < 4.78 is 13.6. The van der Waals surface area contributed by atoms with Gasteiger partial charge >= 0.3 is 0 Å². The van der Waals surface area contributed by atoms with Crippen LogP contribution in [-0.4, -0.2) is 35.2 Å². The maximum Gasteiger partial charge on any atom is 0.263 e. The lowest BCUT2D eigenvalue weighted by molar-refractivity contribution is -0.121. The molecule has 0 bridgehead atoms. The molecule has 0 aliphatic heterocycles. The molecule has 0 aliphatic carbocycles. The van der Waals surface area contributed by atoms with E-state index in [1.165, 1.54) is 22.2 Å². The van der Waals surface area contributed by atoms with Gasteiger partial charge in [-0.05, 0) is 55.7 Å². The van der Waals surface area contributed by atoms with Gasteiger partial charge in [-0.2, -0.15) is 0 Å². The Labute approximate surface area is 215 Å². The Bertz CT molecular complexity index is 1380. The first kappa shape index (κ1) is 24.9. The summed E-state index contributed by atoms with van der Waals surface area (Å²) in [6, 6.07) is 13.5. The van der Waals surface area contributed by atoms with Crippen LogP contribution in [0.25, 0.3) is 21.3 Å². The Kier molecular flexibility index (Phi) is 8.20. The molecule has 0 atom stereocenters. The number of rotatable bonds is 10. The number of benzene rings is 2. The third-order valence-corrected chi connectivity index (χ3v) is 6.79. The quantitative estimate of drug-likeness (QED) is 0.296. The van der Waals surface area contributed by atoms with Crippen LogP contribution in [0.5, 0.6) is 11.5 Å². The molecule has 1 amide bonds. The standard InChI is InChI=1S/C26H26BrN3O4S/c1-3-33-21-10-5-17(13-22(21)34-4-2)11-12-28-23(31)14-30-16-29-25-24(26(30)32)20(15-35-25)18-6-8-19(27)9-7-18/h5-10,13,15-16H,3-4,11-12,14H2,1-2H3,(H,28,31). The minimum atomic E-state index is -0.246. The smallest absolute Gasteiger partial charge is 0.263 e. The molecular weight excluding hydrogens is 530 g/mol. The van der Waals surface area contributed by atoms with Crippen LogP contribution in [0.4, 0.5) is 0 Å². The summed E-state index contributed by atoms with van der Waals surface area (Å²) in [6.07, 6.45) is 2.07. The van der Waals surface area contributed by atoms with Crippen molar-refractivity contribution in [3.63, 3.8) is 0 Å². The van der Waals surface area contributed by atoms with Gasteiger partial charge in [-0.15, -0.1) is 11.3 Å². The Morgan fingerprint density at radius 2 is 1.83 bits per heavy atom. The number of amides is 1. The van der Waals surface area contributed by atoms with E-state index in [1.54, 1.807) is 0 Å². The molecule has 0 aliphatic rings. The molecule has 0 saturated heterocycles. The maximum absolute atomic E-state index is 13.2. The largest absolute Gasteiger partial charge is 0.490 e. The number of halogens is 1. The molecule has 0 saturated carbocycles. The first-order chi connectivity index (χ1) is 17.0. The molecule has 0 spiro atoms. The molecule has 4 rings (SSSR count). The van der Waals surface area contributed by atoms with Crippen molar-refractivity contribution in [1.82, 2.24) is 14.9 Å². The molecule has 2 aromatic heterocycles. The SMILES string of the molecule is CCOc1ccc(CCNC(=O)Cn2cnc3scc(-c4ccc(Br)cc4)c3c2=O)cc1OCC. The second-order valence-electron chi connectivity index (χ2n) is 7.76. The van der Waals surface area contributed by atoms with Crippen LogP contribution in [-0.2, 0) is 17.8 Å². The number of nitrogens with one attached hydrogen (secondary N) is 1. The van der Waals surface area contributed by atoms with Crippen LogP contribution >= 0.6 is 27.3 Å². The van der Waals surface area contributed by atoms with Crippen LogP contribution in [0.3, 0.4) is 0 Å². The van der Waals surface area contributed by atoms with E-state index in [0.717, 1.165) is 21.2 Å². The van der Waals surface area contributed by atoms with Gasteiger partial charge in [0.2, 0.25) is 5.91 Å². The van der Waals surface area contributed by atoms with Gasteiger partial charge in [0.25, 0.3) is 5.56 Å². The third kappa shape index (κ3) is 5.91. The molecule has 7 nitrogen and oxygen atoms in total.